The molecular weight excluding hydrogens is 534 g/mol. The topological polar surface area (TPSA) is 174 Å². The normalized spacial score (nSPS) is 22.4. The summed E-state index contributed by atoms with van der Waals surface area (Å²) < 4.78 is 5.41. The summed E-state index contributed by atoms with van der Waals surface area (Å²) in [6, 6.07) is 0. The molecule has 0 bridgehead atoms. The largest absolute Gasteiger partial charge is 0.477 e. The van der Waals surface area contributed by atoms with Gasteiger partial charge in [-0.25, -0.2) is 14.6 Å². The lowest BCUT2D eigenvalue weighted by molar-refractivity contribution is -0.169. The van der Waals surface area contributed by atoms with Crippen LogP contribution < -0.4 is 11.1 Å². The van der Waals surface area contributed by atoms with Crippen molar-refractivity contribution in [3.63, 3.8) is 0 Å². The van der Waals surface area contributed by atoms with Crippen LogP contribution in [0, 0.1) is 0 Å². The number of carboxylic acids is 1. The number of carbonyl (C=O) groups excluding carboxylic acids is 3. The van der Waals surface area contributed by atoms with Crippen molar-refractivity contribution in [2.24, 2.45) is 5.16 Å². The van der Waals surface area contributed by atoms with Crippen molar-refractivity contribution < 1.29 is 33.9 Å². The molecule has 0 aromatic carbocycles. The van der Waals surface area contributed by atoms with Crippen LogP contribution in [-0.4, -0.2) is 67.7 Å². The molecule has 0 saturated carbocycles. The Labute approximate surface area is 226 Å². The van der Waals surface area contributed by atoms with Gasteiger partial charge in [-0.3, -0.25) is 14.5 Å². The molecule has 0 spiro atoms. The van der Waals surface area contributed by atoms with E-state index >= 15 is 0 Å². The molecule has 0 unspecified atom stereocenters. The zero-order valence-corrected chi connectivity index (χ0v) is 22.6. The highest BCUT2D eigenvalue weighted by atomic mass is 32.2. The molecule has 14 heteroatoms. The molecule has 0 aliphatic carbocycles. The lowest BCUT2D eigenvalue weighted by Crippen LogP contribution is -2.62. The SMILES string of the molecule is C=CC/C(C1=C(C(=O)O)N2C(=O)/C(=N/O[C@@H](C(=O)OC(C)(C)C)c3csc(N)n3)[C@H]2SC1)=C1/CCNC1=O. The standard InChI is InChI=1S/C24H27N5O7S2/c1-5-6-11(12-7-8-26-18(12)30)13-9-37-20-15(19(31)29(20)16(13)21(32)33)28-36-17(14-10-38-23(25)27-14)22(34)35-24(2,3)4/h5,10,17,20H,1,6-9H2,2-4H3,(H2,25,27)(H,26,30)(H,32,33)/b12-11+,28-15-/t17-,20-/m1/s1. The Morgan fingerprint density at radius 2 is 2.16 bits per heavy atom. The molecule has 2 fully saturated rings. The maximum atomic E-state index is 13.1. The Morgan fingerprint density at radius 1 is 1.42 bits per heavy atom. The Hall–Kier alpha value is -3.65. The number of ether oxygens (including phenoxy) is 1. The van der Waals surface area contributed by atoms with Crippen LogP contribution in [0.15, 0.2) is 45.6 Å². The van der Waals surface area contributed by atoms with Crippen molar-refractivity contribution in [3.05, 3.63) is 46.1 Å². The lowest BCUT2D eigenvalue weighted by Gasteiger charge is -2.44. The fourth-order valence-corrected chi connectivity index (χ4v) is 6.04. The van der Waals surface area contributed by atoms with Crippen LogP contribution in [0.5, 0.6) is 0 Å². The molecule has 4 rings (SSSR count). The number of thiazole rings is 1. The Morgan fingerprint density at radius 3 is 2.71 bits per heavy atom. The Balaban J connectivity index is 1.64. The van der Waals surface area contributed by atoms with Crippen molar-refractivity contribution in [2.45, 2.75) is 50.7 Å². The van der Waals surface area contributed by atoms with Crippen LogP contribution in [0.3, 0.4) is 0 Å². The molecular formula is C24H27N5O7S2. The van der Waals surface area contributed by atoms with E-state index in [2.05, 4.69) is 22.0 Å². The van der Waals surface area contributed by atoms with Crippen LogP contribution in [0.2, 0.25) is 0 Å². The second-order valence-electron chi connectivity index (χ2n) is 9.53. The molecule has 4 heterocycles. The number of nitrogen functional groups attached to an aromatic ring is 1. The van der Waals surface area contributed by atoms with Gasteiger partial charge in [0.1, 0.15) is 22.4 Å². The molecule has 2 saturated heterocycles. The van der Waals surface area contributed by atoms with Gasteiger partial charge >= 0.3 is 11.9 Å². The third kappa shape index (κ3) is 5.31. The van der Waals surface area contributed by atoms with E-state index in [9.17, 15) is 24.3 Å². The van der Waals surface area contributed by atoms with Crippen LogP contribution in [-0.2, 0) is 28.8 Å². The summed E-state index contributed by atoms with van der Waals surface area (Å²) in [4.78, 5) is 61.3. The van der Waals surface area contributed by atoms with E-state index in [1.54, 1.807) is 26.8 Å². The predicted molar refractivity (Wildman–Crippen MR) is 141 cm³/mol. The zero-order valence-electron chi connectivity index (χ0n) is 21.0. The summed E-state index contributed by atoms with van der Waals surface area (Å²) in [7, 11) is 0. The first-order valence-corrected chi connectivity index (χ1v) is 13.6. The zero-order chi connectivity index (χ0) is 27.8. The molecule has 3 aliphatic heterocycles. The van der Waals surface area contributed by atoms with Gasteiger partial charge in [0.25, 0.3) is 12.0 Å². The summed E-state index contributed by atoms with van der Waals surface area (Å²) in [5.41, 5.74) is 6.24. The average molecular weight is 562 g/mol. The molecule has 1 aromatic rings. The van der Waals surface area contributed by atoms with Gasteiger partial charge in [0.15, 0.2) is 10.8 Å². The van der Waals surface area contributed by atoms with Crippen molar-refractivity contribution in [1.82, 2.24) is 15.2 Å². The van der Waals surface area contributed by atoms with Gasteiger partial charge in [0.05, 0.1) is 0 Å². The van der Waals surface area contributed by atoms with Gasteiger partial charge in [-0.2, -0.15) is 0 Å². The number of oxime groups is 1. The van der Waals surface area contributed by atoms with E-state index in [0.717, 1.165) is 16.2 Å². The van der Waals surface area contributed by atoms with Crippen LogP contribution in [0.1, 0.15) is 45.4 Å². The number of aliphatic carboxylic acids is 1. The molecule has 38 heavy (non-hydrogen) atoms. The van der Waals surface area contributed by atoms with Crippen molar-refractivity contribution in [1.29, 1.82) is 0 Å². The smallest absolute Gasteiger partial charge is 0.357 e. The summed E-state index contributed by atoms with van der Waals surface area (Å²) >= 11 is 2.36. The number of hydrogen-bond donors (Lipinski definition) is 3. The number of allylic oxidation sites excluding steroid dienone is 2. The highest BCUT2D eigenvalue weighted by Gasteiger charge is 2.52. The molecule has 0 radical (unpaired) electrons. The van der Waals surface area contributed by atoms with E-state index in [4.69, 9.17) is 15.3 Å². The number of nitrogens with zero attached hydrogens (tertiary/aromatic N) is 3. The quantitative estimate of drug-likeness (QED) is 0.140. The molecule has 12 nitrogen and oxygen atoms in total. The van der Waals surface area contributed by atoms with Gasteiger partial charge in [0, 0.05) is 23.3 Å². The highest BCUT2D eigenvalue weighted by molar-refractivity contribution is 8.01. The molecule has 1 aromatic heterocycles. The summed E-state index contributed by atoms with van der Waals surface area (Å²) in [6.45, 7) is 9.27. The van der Waals surface area contributed by atoms with E-state index in [-0.39, 0.29) is 40.3 Å². The van der Waals surface area contributed by atoms with Crippen molar-refractivity contribution in [3.8, 4) is 0 Å². The maximum absolute atomic E-state index is 13.1. The second-order valence-corrected chi connectivity index (χ2v) is 11.5. The van der Waals surface area contributed by atoms with E-state index in [1.165, 1.54) is 17.1 Å². The number of amides is 2. The molecule has 2 atom stereocenters. The number of aromatic nitrogens is 1. The summed E-state index contributed by atoms with van der Waals surface area (Å²) in [6.07, 6.45) is 0.951. The first kappa shape index (κ1) is 27.4. The summed E-state index contributed by atoms with van der Waals surface area (Å²) in [5.74, 6) is -2.79. The predicted octanol–water partition coefficient (Wildman–Crippen LogP) is 2.13. The minimum Gasteiger partial charge on any atom is -0.477 e. The lowest BCUT2D eigenvalue weighted by atomic mass is 9.93. The fraction of sp³-hybridized carbons (Fsp3) is 0.417. The Kier molecular flexibility index (Phi) is 7.65. The number of nitrogens with two attached hydrogens (primary N) is 1. The minimum absolute atomic E-state index is 0.0545. The molecule has 3 aliphatic rings. The average Bonchev–Trinajstić information content (AvgIpc) is 3.45. The third-order valence-electron chi connectivity index (χ3n) is 5.72. The Bertz CT molecular complexity index is 1310. The maximum Gasteiger partial charge on any atom is 0.357 e. The van der Waals surface area contributed by atoms with Gasteiger partial charge in [-0.1, -0.05) is 11.2 Å². The van der Waals surface area contributed by atoms with Crippen molar-refractivity contribution in [2.75, 3.05) is 18.0 Å². The van der Waals surface area contributed by atoms with E-state index in [1.807, 2.05) is 0 Å². The monoisotopic (exact) mass is 561 g/mol. The van der Waals surface area contributed by atoms with Crippen molar-refractivity contribution >= 4 is 57.7 Å². The third-order valence-corrected chi connectivity index (χ3v) is 7.62. The first-order chi connectivity index (χ1) is 17.9. The number of hydrogen-bond acceptors (Lipinski definition) is 11. The number of carboxylic acid groups (broad SMARTS) is 1. The summed E-state index contributed by atoms with van der Waals surface area (Å²) in [5, 5.41) is 17.7. The van der Waals surface area contributed by atoms with E-state index in [0.29, 0.717) is 29.7 Å². The number of carbonyl (C=O) groups is 4. The number of thioether (sulfide) groups is 1. The van der Waals surface area contributed by atoms with Crippen LogP contribution >= 0.6 is 23.1 Å². The van der Waals surface area contributed by atoms with Gasteiger partial charge < -0.3 is 25.7 Å². The molecule has 4 N–H and O–H groups in total. The fourth-order valence-electron chi connectivity index (χ4n) is 4.17. The number of fused-ring (bicyclic) bond motifs is 1. The second kappa shape index (κ2) is 10.6. The number of β-lactam (4-membered cyclic amide) rings is 1. The van der Waals surface area contributed by atoms with E-state index < -0.39 is 34.9 Å². The number of rotatable bonds is 8. The van der Waals surface area contributed by atoms with Crippen LogP contribution in [0.25, 0.3) is 0 Å². The minimum atomic E-state index is -1.37. The van der Waals surface area contributed by atoms with Gasteiger partial charge in [-0.05, 0) is 44.8 Å². The highest BCUT2D eigenvalue weighted by Crippen LogP contribution is 2.43. The van der Waals surface area contributed by atoms with Gasteiger partial charge in [-0.15, -0.1) is 29.7 Å². The number of anilines is 1. The first-order valence-electron chi connectivity index (χ1n) is 11.6. The van der Waals surface area contributed by atoms with Gasteiger partial charge in [0.2, 0.25) is 5.91 Å². The number of esters is 1. The molecule has 2 amide bonds. The number of nitrogens with one attached hydrogen (secondary N) is 1. The van der Waals surface area contributed by atoms with Crippen LogP contribution in [0.4, 0.5) is 5.13 Å². The molecule has 202 valence electrons.